The monoisotopic (exact) mass is 422 g/mol. The van der Waals surface area contributed by atoms with Crippen LogP contribution in [0, 0.1) is 5.92 Å². The summed E-state index contributed by atoms with van der Waals surface area (Å²) in [7, 11) is 0. The van der Waals surface area contributed by atoms with Crippen molar-refractivity contribution in [2.45, 2.75) is 59.0 Å². The molecule has 0 aromatic heterocycles. The predicted molar refractivity (Wildman–Crippen MR) is 125 cm³/mol. The Morgan fingerprint density at radius 1 is 1.00 bits per heavy atom. The number of amides is 2. The molecule has 2 aromatic carbocycles. The first-order valence-corrected chi connectivity index (χ1v) is 11.1. The Hall–Kier alpha value is -2.82. The van der Waals surface area contributed by atoms with Gasteiger partial charge in [0.1, 0.15) is 5.75 Å². The molecule has 2 aromatic rings. The molecule has 1 aliphatic heterocycles. The Kier molecular flexibility index (Phi) is 7.04. The number of carbonyl (C=O) groups excluding carboxylic acids is 2. The molecule has 2 amide bonds. The molecule has 1 fully saturated rings. The van der Waals surface area contributed by atoms with Gasteiger partial charge in [-0.2, -0.15) is 0 Å². The van der Waals surface area contributed by atoms with Crippen LogP contribution in [-0.2, 0) is 10.2 Å². The minimum absolute atomic E-state index is 0.0557. The largest absolute Gasteiger partial charge is 0.481 e. The first-order valence-electron chi connectivity index (χ1n) is 11.1. The summed E-state index contributed by atoms with van der Waals surface area (Å²) in [6.45, 7) is 12.0. The molecule has 0 radical (unpaired) electrons. The number of rotatable bonds is 5. The molecule has 1 unspecified atom stereocenters. The molecule has 31 heavy (non-hydrogen) atoms. The third kappa shape index (κ3) is 6.09. The van der Waals surface area contributed by atoms with Crippen molar-refractivity contribution in [1.82, 2.24) is 4.90 Å². The van der Waals surface area contributed by atoms with Gasteiger partial charge in [0.05, 0.1) is 0 Å². The molecule has 166 valence electrons. The summed E-state index contributed by atoms with van der Waals surface area (Å²) in [6.07, 6.45) is 1.46. The lowest BCUT2D eigenvalue weighted by molar-refractivity contribution is -0.122. The van der Waals surface area contributed by atoms with Crippen LogP contribution in [0.1, 0.15) is 63.4 Å². The van der Waals surface area contributed by atoms with Gasteiger partial charge < -0.3 is 15.0 Å². The van der Waals surface area contributed by atoms with Crippen LogP contribution >= 0.6 is 0 Å². The molecule has 1 saturated heterocycles. The zero-order chi connectivity index (χ0) is 22.6. The summed E-state index contributed by atoms with van der Waals surface area (Å²) in [4.78, 5) is 27.1. The van der Waals surface area contributed by atoms with Gasteiger partial charge in [0.25, 0.3) is 11.8 Å². The van der Waals surface area contributed by atoms with E-state index in [-0.39, 0.29) is 17.2 Å². The SMILES string of the molecule is CC1CCN(C(=O)c2ccc(NC(=O)C(C)Oc3ccc(C(C)(C)C)cc3)cc2)CC1. The highest BCUT2D eigenvalue weighted by atomic mass is 16.5. The number of carbonyl (C=O) groups is 2. The summed E-state index contributed by atoms with van der Waals surface area (Å²) in [5.41, 5.74) is 2.58. The van der Waals surface area contributed by atoms with Crippen molar-refractivity contribution in [1.29, 1.82) is 0 Å². The van der Waals surface area contributed by atoms with Crippen LogP contribution in [0.25, 0.3) is 0 Å². The highest BCUT2D eigenvalue weighted by Crippen LogP contribution is 2.25. The number of nitrogens with one attached hydrogen (secondary N) is 1. The highest BCUT2D eigenvalue weighted by Gasteiger charge is 2.22. The van der Waals surface area contributed by atoms with Crippen LogP contribution < -0.4 is 10.1 Å². The number of benzene rings is 2. The van der Waals surface area contributed by atoms with Gasteiger partial charge >= 0.3 is 0 Å². The van der Waals surface area contributed by atoms with Gasteiger partial charge in [-0.25, -0.2) is 0 Å². The number of hydrogen-bond donors (Lipinski definition) is 1. The Labute approximate surface area is 185 Å². The van der Waals surface area contributed by atoms with Gasteiger partial charge in [-0.05, 0) is 73.1 Å². The number of hydrogen-bond acceptors (Lipinski definition) is 3. The molecular weight excluding hydrogens is 388 g/mol. The van der Waals surface area contributed by atoms with Gasteiger partial charge in [0.15, 0.2) is 6.10 Å². The summed E-state index contributed by atoms with van der Waals surface area (Å²) in [5, 5.41) is 2.86. The fourth-order valence-electron chi connectivity index (χ4n) is 3.63. The van der Waals surface area contributed by atoms with E-state index in [1.54, 1.807) is 31.2 Å². The average Bonchev–Trinajstić information content (AvgIpc) is 2.74. The summed E-state index contributed by atoms with van der Waals surface area (Å²) < 4.78 is 5.79. The topological polar surface area (TPSA) is 58.6 Å². The minimum Gasteiger partial charge on any atom is -0.481 e. The standard InChI is InChI=1S/C26H34N2O3/c1-18-14-16-28(17-15-18)25(30)20-6-10-22(11-7-20)27-24(29)19(2)31-23-12-8-21(9-13-23)26(3,4)5/h6-13,18-19H,14-17H2,1-5H3,(H,27,29). The van der Waals surface area contributed by atoms with Crippen LogP contribution in [0.15, 0.2) is 48.5 Å². The molecule has 0 bridgehead atoms. The number of nitrogens with zero attached hydrogens (tertiary/aromatic N) is 1. The maximum atomic E-state index is 12.7. The van der Waals surface area contributed by atoms with Crippen molar-refractivity contribution in [3.05, 3.63) is 59.7 Å². The van der Waals surface area contributed by atoms with Crippen LogP contribution in [0.2, 0.25) is 0 Å². The van der Waals surface area contributed by atoms with E-state index in [0.717, 1.165) is 25.9 Å². The van der Waals surface area contributed by atoms with Crippen LogP contribution in [0.3, 0.4) is 0 Å². The quantitative estimate of drug-likeness (QED) is 0.715. The summed E-state index contributed by atoms with van der Waals surface area (Å²) in [6, 6.07) is 14.9. The predicted octanol–water partition coefficient (Wildman–Crippen LogP) is 5.26. The Morgan fingerprint density at radius 2 is 1.58 bits per heavy atom. The second kappa shape index (κ2) is 9.54. The van der Waals surface area contributed by atoms with Crippen molar-refractivity contribution >= 4 is 17.5 Å². The van der Waals surface area contributed by atoms with Crippen LogP contribution in [0.4, 0.5) is 5.69 Å². The second-order valence-electron chi connectivity index (χ2n) is 9.58. The molecule has 0 saturated carbocycles. The molecule has 0 aliphatic carbocycles. The van der Waals surface area contributed by atoms with Crippen molar-refractivity contribution in [3.8, 4) is 5.75 Å². The van der Waals surface area contributed by atoms with Gasteiger partial charge in [0, 0.05) is 24.3 Å². The van der Waals surface area contributed by atoms with E-state index in [1.165, 1.54) is 5.56 Å². The second-order valence-corrected chi connectivity index (χ2v) is 9.58. The van der Waals surface area contributed by atoms with Crippen molar-refractivity contribution in [3.63, 3.8) is 0 Å². The Morgan fingerprint density at radius 3 is 2.13 bits per heavy atom. The smallest absolute Gasteiger partial charge is 0.265 e. The summed E-state index contributed by atoms with van der Waals surface area (Å²) in [5.74, 6) is 1.17. The Balaban J connectivity index is 1.54. The van der Waals surface area contributed by atoms with E-state index in [2.05, 4.69) is 33.0 Å². The van der Waals surface area contributed by atoms with E-state index < -0.39 is 6.10 Å². The van der Waals surface area contributed by atoms with Gasteiger partial charge in [-0.1, -0.05) is 39.8 Å². The number of ether oxygens (including phenoxy) is 1. The lowest BCUT2D eigenvalue weighted by atomic mass is 9.87. The fraction of sp³-hybridized carbons (Fsp3) is 0.462. The van der Waals surface area contributed by atoms with E-state index in [4.69, 9.17) is 4.74 Å². The first-order chi connectivity index (χ1) is 14.6. The van der Waals surface area contributed by atoms with Gasteiger partial charge in [0.2, 0.25) is 0 Å². The number of piperidine rings is 1. The van der Waals surface area contributed by atoms with E-state index in [1.807, 2.05) is 29.2 Å². The van der Waals surface area contributed by atoms with Crippen molar-refractivity contribution < 1.29 is 14.3 Å². The number of anilines is 1. The lowest BCUT2D eigenvalue weighted by Gasteiger charge is -2.30. The van der Waals surface area contributed by atoms with Crippen LogP contribution in [0.5, 0.6) is 5.75 Å². The van der Waals surface area contributed by atoms with Crippen molar-refractivity contribution in [2.75, 3.05) is 18.4 Å². The normalized spacial score (nSPS) is 16.0. The minimum atomic E-state index is -0.642. The van der Waals surface area contributed by atoms with E-state index in [0.29, 0.717) is 22.9 Å². The molecular formula is C26H34N2O3. The molecule has 1 N–H and O–H groups in total. The third-order valence-corrected chi connectivity index (χ3v) is 5.87. The fourth-order valence-corrected chi connectivity index (χ4v) is 3.63. The maximum Gasteiger partial charge on any atom is 0.265 e. The third-order valence-electron chi connectivity index (χ3n) is 5.87. The Bertz CT molecular complexity index is 890. The van der Waals surface area contributed by atoms with E-state index in [9.17, 15) is 9.59 Å². The molecule has 1 heterocycles. The van der Waals surface area contributed by atoms with E-state index >= 15 is 0 Å². The molecule has 5 nitrogen and oxygen atoms in total. The maximum absolute atomic E-state index is 12.7. The lowest BCUT2D eigenvalue weighted by Crippen LogP contribution is -2.37. The highest BCUT2D eigenvalue weighted by molar-refractivity contribution is 5.96. The average molecular weight is 423 g/mol. The zero-order valence-corrected chi connectivity index (χ0v) is 19.3. The summed E-state index contributed by atoms with van der Waals surface area (Å²) >= 11 is 0. The molecule has 1 aliphatic rings. The molecule has 1 atom stereocenters. The van der Waals surface area contributed by atoms with Crippen LogP contribution in [-0.4, -0.2) is 35.9 Å². The first kappa shape index (κ1) is 22.9. The molecule has 3 rings (SSSR count). The van der Waals surface area contributed by atoms with Gasteiger partial charge in [-0.3, -0.25) is 9.59 Å². The number of likely N-dealkylation sites (tertiary alicyclic amines) is 1. The van der Waals surface area contributed by atoms with Crippen molar-refractivity contribution in [2.24, 2.45) is 5.92 Å². The van der Waals surface area contributed by atoms with Gasteiger partial charge in [-0.15, -0.1) is 0 Å². The molecule has 0 spiro atoms. The zero-order valence-electron chi connectivity index (χ0n) is 19.3. The molecule has 5 heteroatoms.